The van der Waals surface area contributed by atoms with Gasteiger partial charge in [0.2, 0.25) is 5.78 Å². The number of aromatic nitrogens is 1. The number of methoxy groups -OCH3 is 1. The number of ether oxygens (including phenoxy) is 2. The second-order valence-electron chi connectivity index (χ2n) is 7.85. The van der Waals surface area contributed by atoms with Gasteiger partial charge in [-0.05, 0) is 61.4 Å². The van der Waals surface area contributed by atoms with E-state index in [1.54, 1.807) is 31.4 Å². The Morgan fingerprint density at radius 3 is 2.34 bits per heavy atom. The van der Waals surface area contributed by atoms with Crippen LogP contribution < -0.4 is 4.74 Å². The summed E-state index contributed by atoms with van der Waals surface area (Å²) in [4.78, 5) is 24.0. The number of ketones is 1. The molecule has 1 N–H and O–H groups in total. The molecule has 0 aliphatic rings. The van der Waals surface area contributed by atoms with Crippen LogP contribution in [0.15, 0.2) is 72.9 Å². The van der Waals surface area contributed by atoms with Gasteiger partial charge in [0.25, 0.3) is 0 Å². The van der Waals surface area contributed by atoms with Gasteiger partial charge in [-0.2, -0.15) is 0 Å². The molecule has 0 atom stereocenters. The largest absolute Gasteiger partial charge is 0.497 e. The standard InChI is InChI=1S/C26H27NO5/c1-26(2,25(29)30)32-18-20-10-8-19(9-11-20)6-4-16-27-17-5-7-23(27)24(28)21-12-14-22(31-3)15-13-21/h4-15,17H,16,18H2,1-3H3,(H,29,30). The van der Waals surface area contributed by atoms with Crippen molar-refractivity contribution in [1.82, 2.24) is 4.57 Å². The highest BCUT2D eigenvalue weighted by Crippen LogP contribution is 2.17. The first-order valence-corrected chi connectivity index (χ1v) is 10.3. The zero-order chi connectivity index (χ0) is 23.1. The van der Waals surface area contributed by atoms with Crippen molar-refractivity contribution in [3.63, 3.8) is 0 Å². The Hall–Kier alpha value is -3.64. The maximum Gasteiger partial charge on any atom is 0.335 e. The van der Waals surface area contributed by atoms with Crippen molar-refractivity contribution in [1.29, 1.82) is 0 Å². The van der Waals surface area contributed by atoms with Gasteiger partial charge < -0.3 is 19.1 Å². The molecule has 0 saturated heterocycles. The lowest BCUT2D eigenvalue weighted by Crippen LogP contribution is -2.34. The fourth-order valence-corrected chi connectivity index (χ4v) is 3.02. The summed E-state index contributed by atoms with van der Waals surface area (Å²) in [5.41, 5.74) is 1.90. The number of aliphatic carboxylic acids is 1. The third-order valence-corrected chi connectivity index (χ3v) is 5.12. The minimum absolute atomic E-state index is 0.0420. The second kappa shape index (κ2) is 10.1. The van der Waals surface area contributed by atoms with Gasteiger partial charge >= 0.3 is 5.97 Å². The van der Waals surface area contributed by atoms with E-state index in [0.717, 1.165) is 11.1 Å². The summed E-state index contributed by atoms with van der Waals surface area (Å²) in [6.45, 7) is 3.84. The SMILES string of the molecule is COc1ccc(C(=O)c2cccn2CC=Cc2ccc(COC(C)(C)C(=O)O)cc2)cc1. The van der Waals surface area contributed by atoms with E-state index in [1.807, 2.05) is 59.3 Å². The van der Waals surface area contributed by atoms with Crippen LogP contribution in [0.2, 0.25) is 0 Å². The molecule has 0 unspecified atom stereocenters. The molecular formula is C26H27NO5. The first kappa shape index (κ1) is 23.0. The van der Waals surface area contributed by atoms with Gasteiger partial charge in [0.05, 0.1) is 19.4 Å². The zero-order valence-corrected chi connectivity index (χ0v) is 18.4. The number of hydrogen-bond donors (Lipinski definition) is 1. The molecule has 0 spiro atoms. The van der Waals surface area contributed by atoms with Crippen molar-refractivity contribution in [2.45, 2.75) is 32.6 Å². The topological polar surface area (TPSA) is 77.8 Å². The molecule has 0 aliphatic carbocycles. The Morgan fingerprint density at radius 2 is 1.72 bits per heavy atom. The number of carboxylic acid groups (broad SMARTS) is 1. The number of carbonyl (C=O) groups excluding carboxylic acids is 1. The summed E-state index contributed by atoms with van der Waals surface area (Å²) in [5.74, 6) is -0.324. The van der Waals surface area contributed by atoms with Crippen LogP contribution in [-0.4, -0.2) is 34.1 Å². The van der Waals surface area contributed by atoms with Crippen LogP contribution in [0.1, 0.15) is 41.0 Å². The Balaban J connectivity index is 1.60. The normalized spacial score (nSPS) is 11.6. The highest BCUT2D eigenvalue weighted by molar-refractivity contribution is 6.08. The van der Waals surface area contributed by atoms with Crippen LogP contribution in [0, 0.1) is 0 Å². The molecule has 1 aromatic heterocycles. The Morgan fingerprint density at radius 1 is 1.03 bits per heavy atom. The van der Waals surface area contributed by atoms with Gasteiger partial charge in [-0.15, -0.1) is 0 Å². The van der Waals surface area contributed by atoms with E-state index in [0.29, 0.717) is 23.6 Å². The van der Waals surface area contributed by atoms with Gasteiger partial charge in [0.15, 0.2) is 5.60 Å². The van der Waals surface area contributed by atoms with Crippen molar-refractivity contribution >= 4 is 17.8 Å². The van der Waals surface area contributed by atoms with Gasteiger partial charge in [0.1, 0.15) is 5.75 Å². The third kappa shape index (κ3) is 5.74. The monoisotopic (exact) mass is 433 g/mol. The van der Waals surface area contributed by atoms with Crippen molar-refractivity contribution in [2.75, 3.05) is 7.11 Å². The van der Waals surface area contributed by atoms with E-state index < -0.39 is 11.6 Å². The van der Waals surface area contributed by atoms with Gasteiger partial charge in [0, 0.05) is 18.3 Å². The maximum absolute atomic E-state index is 12.8. The number of hydrogen-bond acceptors (Lipinski definition) is 4. The highest BCUT2D eigenvalue weighted by atomic mass is 16.5. The molecule has 2 aromatic carbocycles. The predicted octanol–water partition coefficient (Wildman–Crippen LogP) is 4.82. The van der Waals surface area contributed by atoms with E-state index in [9.17, 15) is 9.59 Å². The summed E-state index contributed by atoms with van der Waals surface area (Å²) in [7, 11) is 1.59. The summed E-state index contributed by atoms with van der Waals surface area (Å²) < 4.78 is 12.5. The molecule has 6 heteroatoms. The van der Waals surface area contributed by atoms with Crippen LogP contribution in [0.4, 0.5) is 0 Å². The molecule has 0 bridgehead atoms. The van der Waals surface area contributed by atoms with E-state index in [4.69, 9.17) is 14.6 Å². The molecule has 0 fully saturated rings. The number of carbonyl (C=O) groups is 2. The highest BCUT2D eigenvalue weighted by Gasteiger charge is 2.27. The van der Waals surface area contributed by atoms with Crippen molar-refractivity contribution in [2.24, 2.45) is 0 Å². The third-order valence-electron chi connectivity index (χ3n) is 5.12. The van der Waals surface area contributed by atoms with E-state index in [2.05, 4.69) is 0 Å². The second-order valence-corrected chi connectivity index (χ2v) is 7.85. The lowest BCUT2D eigenvalue weighted by molar-refractivity contribution is -0.162. The zero-order valence-electron chi connectivity index (χ0n) is 18.4. The van der Waals surface area contributed by atoms with Gasteiger partial charge in [-0.25, -0.2) is 4.79 Å². The fourth-order valence-electron chi connectivity index (χ4n) is 3.02. The van der Waals surface area contributed by atoms with Crippen LogP contribution in [0.5, 0.6) is 5.75 Å². The summed E-state index contributed by atoms with van der Waals surface area (Å²) in [6, 6.07) is 18.5. The minimum atomic E-state index is -1.23. The van der Waals surface area contributed by atoms with Crippen LogP contribution in [-0.2, 0) is 22.7 Å². The van der Waals surface area contributed by atoms with Crippen molar-refractivity contribution < 1.29 is 24.2 Å². The first-order chi connectivity index (χ1) is 15.3. The molecule has 0 aliphatic heterocycles. The van der Waals surface area contributed by atoms with Crippen LogP contribution in [0.3, 0.4) is 0 Å². The predicted molar refractivity (Wildman–Crippen MR) is 123 cm³/mol. The van der Waals surface area contributed by atoms with E-state index >= 15 is 0 Å². The lowest BCUT2D eigenvalue weighted by Gasteiger charge is -2.20. The Kier molecular flexibility index (Phi) is 7.28. The van der Waals surface area contributed by atoms with E-state index in [1.165, 1.54) is 13.8 Å². The molecular weight excluding hydrogens is 406 g/mol. The summed E-state index contributed by atoms with van der Waals surface area (Å²) in [6.07, 6.45) is 5.85. The average molecular weight is 434 g/mol. The number of carboxylic acids is 1. The molecule has 0 radical (unpaired) electrons. The number of benzene rings is 2. The molecule has 3 rings (SSSR count). The quantitative estimate of drug-likeness (QED) is 0.464. The fraction of sp³-hybridized carbons (Fsp3) is 0.231. The number of nitrogens with zero attached hydrogens (tertiary/aromatic N) is 1. The van der Waals surface area contributed by atoms with Crippen molar-refractivity contribution in [3.05, 3.63) is 95.3 Å². The van der Waals surface area contributed by atoms with Gasteiger partial charge in [-0.3, -0.25) is 4.79 Å². The number of allylic oxidation sites excluding steroid dienone is 1. The molecule has 166 valence electrons. The Labute approximate surface area is 187 Å². The van der Waals surface area contributed by atoms with Crippen LogP contribution >= 0.6 is 0 Å². The smallest absolute Gasteiger partial charge is 0.335 e. The number of rotatable bonds is 10. The first-order valence-electron chi connectivity index (χ1n) is 10.3. The maximum atomic E-state index is 12.8. The average Bonchev–Trinajstić information content (AvgIpc) is 3.26. The lowest BCUT2D eigenvalue weighted by atomic mass is 10.1. The van der Waals surface area contributed by atoms with Crippen molar-refractivity contribution in [3.8, 4) is 5.75 Å². The van der Waals surface area contributed by atoms with Gasteiger partial charge in [-0.1, -0.05) is 36.4 Å². The van der Waals surface area contributed by atoms with Crippen LogP contribution in [0.25, 0.3) is 6.08 Å². The molecule has 0 saturated carbocycles. The van der Waals surface area contributed by atoms with E-state index in [-0.39, 0.29) is 12.4 Å². The molecule has 0 amide bonds. The molecule has 6 nitrogen and oxygen atoms in total. The summed E-state index contributed by atoms with van der Waals surface area (Å²) in [5, 5.41) is 9.12. The molecule has 32 heavy (non-hydrogen) atoms. The molecule has 1 heterocycles. The minimum Gasteiger partial charge on any atom is -0.497 e. The summed E-state index contributed by atoms with van der Waals surface area (Å²) >= 11 is 0. The Bertz CT molecular complexity index is 1090. The molecule has 3 aromatic rings.